The van der Waals surface area contributed by atoms with Crippen LogP contribution in [0.1, 0.15) is 27.6 Å². The first-order valence-corrected chi connectivity index (χ1v) is 8.84. The number of nitrogens with one attached hydrogen (secondary N) is 1. The lowest BCUT2D eigenvalue weighted by atomic mass is 10.1. The van der Waals surface area contributed by atoms with Gasteiger partial charge in [0.2, 0.25) is 6.10 Å². The van der Waals surface area contributed by atoms with Crippen LogP contribution in [0.15, 0.2) is 78.9 Å². The summed E-state index contributed by atoms with van der Waals surface area (Å²) in [6.45, 7) is 1.89. The monoisotopic (exact) mass is 375 g/mol. The van der Waals surface area contributed by atoms with Crippen LogP contribution in [0.5, 0.6) is 5.75 Å². The number of carbonyl (C=O) groups excluding carboxylic acids is 2. The molecule has 28 heavy (non-hydrogen) atoms. The van der Waals surface area contributed by atoms with Crippen LogP contribution in [0.2, 0.25) is 0 Å². The highest BCUT2D eigenvalue weighted by Crippen LogP contribution is 2.23. The first-order valence-electron chi connectivity index (χ1n) is 8.84. The van der Waals surface area contributed by atoms with E-state index >= 15 is 0 Å². The van der Waals surface area contributed by atoms with E-state index in [1.807, 2.05) is 19.1 Å². The Morgan fingerprint density at radius 2 is 1.64 bits per heavy atom. The summed E-state index contributed by atoms with van der Waals surface area (Å²) in [5, 5.41) is 2.79. The number of aryl methyl sites for hydroxylation is 1. The van der Waals surface area contributed by atoms with Gasteiger partial charge in [0.15, 0.2) is 0 Å². The van der Waals surface area contributed by atoms with E-state index in [1.54, 1.807) is 73.8 Å². The number of rotatable bonds is 6. The zero-order valence-corrected chi connectivity index (χ0v) is 15.7. The van der Waals surface area contributed by atoms with Crippen LogP contribution in [0.4, 0.5) is 5.69 Å². The molecular formula is C23H21NO4. The molecule has 0 saturated heterocycles. The molecule has 1 N–H and O–H groups in total. The standard InChI is InChI=1S/C23H21NO4/c1-16-8-6-11-18(14-16)23(26)28-21(17-9-4-3-5-10-17)22(25)24-19-12-7-13-20(15-19)27-2/h3-15,21H,1-2H3,(H,24,25)/t21-/m1/s1. The van der Waals surface area contributed by atoms with Crippen LogP contribution >= 0.6 is 0 Å². The maximum Gasteiger partial charge on any atom is 0.339 e. The molecule has 0 fully saturated rings. The van der Waals surface area contributed by atoms with Crippen molar-refractivity contribution < 1.29 is 19.1 Å². The highest BCUT2D eigenvalue weighted by molar-refractivity contribution is 5.98. The Labute approximate surface area is 163 Å². The van der Waals surface area contributed by atoms with Gasteiger partial charge in [-0.3, -0.25) is 4.79 Å². The van der Waals surface area contributed by atoms with Gasteiger partial charge >= 0.3 is 5.97 Å². The number of carbonyl (C=O) groups is 2. The Balaban J connectivity index is 1.84. The molecule has 0 aromatic heterocycles. The molecule has 5 heteroatoms. The van der Waals surface area contributed by atoms with Gasteiger partial charge in [0.25, 0.3) is 5.91 Å². The predicted octanol–water partition coefficient (Wildman–Crippen LogP) is 4.54. The topological polar surface area (TPSA) is 64.6 Å². The molecule has 142 valence electrons. The molecule has 0 bridgehead atoms. The molecule has 0 heterocycles. The van der Waals surface area contributed by atoms with Crippen molar-refractivity contribution in [1.82, 2.24) is 0 Å². The van der Waals surface area contributed by atoms with Gasteiger partial charge in [-0.25, -0.2) is 4.79 Å². The van der Waals surface area contributed by atoms with Crippen molar-refractivity contribution in [3.8, 4) is 5.75 Å². The minimum absolute atomic E-state index is 0.398. The molecule has 0 spiro atoms. The molecule has 3 rings (SSSR count). The van der Waals surface area contributed by atoms with Crippen LogP contribution in [-0.4, -0.2) is 19.0 Å². The number of ether oxygens (including phenoxy) is 2. The van der Waals surface area contributed by atoms with Crippen molar-refractivity contribution >= 4 is 17.6 Å². The molecular weight excluding hydrogens is 354 g/mol. The van der Waals surface area contributed by atoms with E-state index < -0.39 is 18.0 Å². The number of benzene rings is 3. The SMILES string of the molecule is COc1cccc(NC(=O)[C@H](OC(=O)c2cccc(C)c2)c2ccccc2)c1. The first kappa shape index (κ1) is 19.2. The van der Waals surface area contributed by atoms with Gasteiger partial charge in [0.1, 0.15) is 5.75 Å². The minimum Gasteiger partial charge on any atom is -0.497 e. The quantitative estimate of drug-likeness (QED) is 0.643. The molecule has 0 saturated carbocycles. The van der Waals surface area contributed by atoms with Gasteiger partial charge < -0.3 is 14.8 Å². The molecule has 0 aliphatic carbocycles. The van der Waals surface area contributed by atoms with Gasteiger partial charge in [-0.15, -0.1) is 0 Å². The smallest absolute Gasteiger partial charge is 0.339 e. The highest BCUT2D eigenvalue weighted by Gasteiger charge is 2.26. The molecule has 5 nitrogen and oxygen atoms in total. The van der Waals surface area contributed by atoms with E-state index in [1.165, 1.54) is 0 Å². The van der Waals surface area contributed by atoms with Crippen LogP contribution in [0.3, 0.4) is 0 Å². The summed E-state index contributed by atoms with van der Waals surface area (Å²) in [5.41, 5.74) is 2.47. The third kappa shape index (κ3) is 4.76. The number of esters is 1. The summed E-state index contributed by atoms with van der Waals surface area (Å²) in [5.74, 6) is -0.385. The maximum absolute atomic E-state index is 12.9. The lowest BCUT2D eigenvalue weighted by Gasteiger charge is -2.18. The number of amides is 1. The number of anilines is 1. The van der Waals surface area contributed by atoms with Crippen molar-refractivity contribution in [2.24, 2.45) is 0 Å². The Morgan fingerprint density at radius 1 is 0.893 bits per heavy atom. The molecule has 0 aliphatic rings. The Bertz CT molecular complexity index is 969. The molecule has 0 unspecified atom stereocenters. The third-order valence-electron chi connectivity index (χ3n) is 4.16. The zero-order chi connectivity index (χ0) is 19.9. The average Bonchev–Trinajstić information content (AvgIpc) is 2.72. The Hall–Kier alpha value is -3.60. The Morgan fingerprint density at radius 3 is 2.36 bits per heavy atom. The zero-order valence-electron chi connectivity index (χ0n) is 15.7. The maximum atomic E-state index is 12.9. The molecule has 1 atom stereocenters. The molecule has 0 radical (unpaired) electrons. The summed E-state index contributed by atoms with van der Waals surface area (Å²) >= 11 is 0. The third-order valence-corrected chi connectivity index (χ3v) is 4.16. The van der Waals surface area contributed by atoms with Crippen molar-refractivity contribution in [2.75, 3.05) is 12.4 Å². The van der Waals surface area contributed by atoms with Gasteiger partial charge in [-0.1, -0.05) is 54.1 Å². The number of hydrogen-bond acceptors (Lipinski definition) is 4. The van der Waals surface area contributed by atoms with Crippen molar-refractivity contribution in [3.63, 3.8) is 0 Å². The molecule has 0 aliphatic heterocycles. The molecule has 3 aromatic carbocycles. The molecule has 1 amide bonds. The summed E-state index contributed by atoms with van der Waals surface area (Å²) in [6.07, 6.45) is -1.08. The summed E-state index contributed by atoms with van der Waals surface area (Å²) in [4.78, 5) is 25.5. The number of hydrogen-bond donors (Lipinski definition) is 1. The fourth-order valence-electron chi connectivity index (χ4n) is 2.76. The van der Waals surface area contributed by atoms with Crippen LogP contribution < -0.4 is 10.1 Å². The lowest BCUT2D eigenvalue weighted by molar-refractivity contribution is -0.125. The van der Waals surface area contributed by atoms with Gasteiger partial charge in [-0.2, -0.15) is 0 Å². The highest BCUT2D eigenvalue weighted by atomic mass is 16.5. The minimum atomic E-state index is -1.08. The van der Waals surface area contributed by atoms with Gasteiger partial charge in [0.05, 0.1) is 12.7 Å². The largest absolute Gasteiger partial charge is 0.497 e. The van der Waals surface area contributed by atoms with E-state index in [-0.39, 0.29) is 0 Å². The van der Waals surface area contributed by atoms with Crippen molar-refractivity contribution in [1.29, 1.82) is 0 Å². The van der Waals surface area contributed by atoms with Gasteiger partial charge in [-0.05, 0) is 31.2 Å². The van der Waals surface area contributed by atoms with E-state index in [2.05, 4.69) is 5.32 Å². The first-order chi connectivity index (χ1) is 13.6. The predicted molar refractivity (Wildman–Crippen MR) is 107 cm³/mol. The van der Waals surface area contributed by atoms with E-state index in [9.17, 15) is 9.59 Å². The van der Waals surface area contributed by atoms with Crippen LogP contribution in [0, 0.1) is 6.92 Å². The summed E-state index contributed by atoms with van der Waals surface area (Å²) < 4.78 is 10.8. The number of methoxy groups -OCH3 is 1. The average molecular weight is 375 g/mol. The second-order valence-corrected chi connectivity index (χ2v) is 6.29. The van der Waals surface area contributed by atoms with Crippen LogP contribution in [-0.2, 0) is 9.53 Å². The second kappa shape index (κ2) is 8.86. The van der Waals surface area contributed by atoms with E-state index in [0.29, 0.717) is 22.6 Å². The summed E-state index contributed by atoms with van der Waals surface area (Å²) in [6, 6.07) is 23.0. The van der Waals surface area contributed by atoms with Crippen molar-refractivity contribution in [2.45, 2.75) is 13.0 Å². The Kier molecular flexibility index (Phi) is 6.07. The van der Waals surface area contributed by atoms with Crippen molar-refractivity contribution in [3.05, 3.63) is 95.6 Å². The normalized spacial score (nSPS) is 11.4. The van der Waals surface area contributed by atoms with E-state index in [4.69, 9.17) is 9.47 Å². The fraction of sp³-hybridized carbons (Fsp3) is 0.130. The molecule has 3 aromatic rings. The fourth-order valence-corrected chi connectivity index (χ4v) is 2.76. The van der Waals surface area contributed by atoms with Crippen LogP contribution in [0.25, 0.3) is 0 Å². The van der Waals surface area contributed by atoms with E-state index in [0.717, 1.165) is 5.56 Å². The van der Waals surface area contributed by atoms with Gasteiger partial charge in [0, 0.05) is 17.3 Å². The second-order valence-electron chi connectivity index (χ2n) is 6.29. The summed E-state index contributed by atoms with van der Waals surface area (Å²) in [7, 11) is 1.55. The lowest BCUT2D eigenvalue weighted by Crippen LogP contribution is -2.26.